The lowest BCUT2D eigenvalue weighted by Crippen LogP contribution is -2.34. The van der Waals surface area contributed by atoms with E-state index in [9.17, 15) is 9.90 Å². The Morgan fingerprint density at radius 2 is 1.76 bits per heavy atom. The molecule has 1 saturated carbocycles. The van der Waals surface area contributed by atoms with Gasteiger partial charge in [0, 0.05) is 24.9 Å². The summed E-state index contributed by atoms with van der Waals surface area (Å²) < 4.78 is 5.80. The van der Waals surface area contributed by atoms with E-state index < -0.39 is 6.10 Å². The number of aliphatic hydroxyl groups excluding tert-OH is 1. The minimum Gasteiger partial charge on any atom is -0.489 e. The Kier molecular flexibility index (Phi) is 8.26. The summed E-state index contributed by atoms with van der Waals surface area (Å²) in [5.74, 6) is 1.41. The lowest BCUT2D eigenvalue weighted by Gasteiger charge is -2.23. The molecule has 0 amide bonds. The SMILES string of the molecule is CC(NCCC(=O)C1CCCCC1)C(O)c1ccc(OCc2ccccc2)cc1. The largest absolute Gasteiger partial charge is 0.489 e. The molecule has 2 atom stereocenters. The normalized spacial score (nSPS) is 16.9. The number of rotatable bonds is 10. The fraction of sp³-hybridized carbons (Fsp3) is 0.480. The first-order chi connectivity index (χ1) is 14.1. The molecule has 156 valence electrons. The molecule has 0 bridgehead atoms. The quantitative estimate of drug-likeness (QED) is 0.606. The number of hydrogen-bond acceptors (Lipinski definition) is 4. The maximum atomic E-state index is 12.3. The van der Waals surface area contributed by atoms with E-state index >= 15 is 0 Å². The van der Waals surface area contributed by atoms with Crippen molar-refractivity contribution in [2.45, 2.75) is 64.2 Å². The predicted octanol–water partition coefficient (Wildman–Crippen LogP) is 4.82. The van der Waals surface area contributed by atoms with Gasteiger partial charge < -0.3 is 15.2 Å². The molecule has 4 heteroatoms. The Labute approximate surface area is 174 Å². The molecule has 0 aromatic heterocycles. The molecular formula is C25H33NO3. The average Bonchev–Trinajstić information content (AvgIpc) is 2.78. The lowest BCUT2D eigenvalue weighted by molar-refractivity contribution is -0.123. The maximum absolute atomic E-state index is 12.3. The van der Waals surface area contributed by atoms with E-state index in [0.717, 1.165) is 29.7 Å². The highest BCUT2D eigenvalue weighted by Crippen LogP contribution is 2.25. The van der Waals surface area contributed by atoms with Gasteiger partial charge in [-0.05, 0) is 43.0 Å². The Balaban J connectivity index is 1.41. The molecule has 2 N–H and O–H groups in total. The zero-order chi connectivity index (χ0) is 20.5. The third-order valence-electron chi connectivity index (χ3n) is 5.84. The molecule has 0 spiro atoms. The number of hydrogen-bond donors (Lipinski definition) is 2. The van der Waals surface area contributed by atoms with Crippen LogP contribution < -0.4 is 10.1 Å². The van der Waals surface area contributed by atoms with Crippen LogP contribution in [-0.2, 0) is 11.4 Å². The molecule has 3 rings (SSSR count). The second kappa shape index (κ2) is 11.1. The van der Waals surface area contributed by atoms with Crippen LogP contribution >= 0.6 is 0 Å². The summed E-state index contributed by atoms with van der Waals surface area (Å²) in [5.41, 5.74) is 1.97. The number of Topliss-reactive ketones (excluding diaryl/α,β-unsaturated/α-hetero) is 1. The van der Waals surface area contributed by atoms with E-state index in [4.69, 9.17) is 4.74 Å². The average molecular weight is 396 g/mol. The molecular weight excluding hydrogens is 362 g/mol. The van der Waals surface area contributed by atoms with Gasteiger partial charge in [0.25, 0.3) is 0 Å². The van der Waals surface area contributed by atoms with E-state index in [2.05, 4.69) is 5.32 Å². The maximum Gasteiger partial charge on any atom is 0.137 e. The Hall–Kier alpha value is -2.17. The van der Waals surface area contributed by atoms with Crippen molar-refractivity contribution < 1.29 is 14.6 Å². The molecule has 0 heterocycles. The molecule has 0 saturated heterocycles. The van der Waals surface area contributed by atoms with Gasteiger partial charge in [0.05, 0.1) is 6.10 Å². The molecule has 0 radical (unpaired) electrons. The van der Waals surface area contributed by atoms with Gasteiger partial charge in [-0.2, -0.15) is 0 Å². The highest BCUT2D eigenvalue weighted by molar-refractivity contribution is 5.81. The third-order valence-corrected chi connectivity index (χ3v) is 5.84. The molecule has 1 fully saturated rings. The number of carbonyl (C=O) groups is 1. The topological polar surface area (TPSA) is 58.6 Å². The first-order valence-electron chi connectivity index (χ1n) is 10.8. The highest BCUT2D eigenvalue weighted by atomic mass is 16.5. The number of carbonyl (C=O) groups excluding carboxylic acids is 1. The Morgan fingerprint density at radius 1 is 1.07 bits per heavy atom. The van der Waals surface area contributed by atoms with Gasteiger partial charge in [0.1, 0.15) is 18.1 Å². The molecule has 2 aromatic carbocycles. The number of nitrogens with one attached hydrogen (secondary N) is 1. The highest BCUT2D eigenvalue weighted by Gasteiger charge is 2.21. The summed E-state index contributed by atoms with van der Waals surface area (Å²) in [7, 11) is 0. The summed E-state index contributed by atoms with van der Waals surface area (Å²) in [6.07, 6.45) is 5.66. The van der Waals surface area contributed by atoms with Crippen LogP contribution in [0.1, 0.15) is 62.7 Å². The van der Waals surface area contributed by atoms with Gasteiger partial charge in [0.15, 0.2) is 0 Å². The van der Waals surface area contributed by atoms with E-state index in [1.807, 2.05) is 61.5 Å². The number of benzene rings is 2. The Bertz CT molecular complexity index is 738. The number of aliphatic hydroxyl groups is 1. The zero-order valence-corrected chi connectivity index (χ0v) is 17.3. The first kappa shape index (κ1) is 21.5. The molecule has 2 aromatic rings. The lowest BCUT2D eigenvalue weighted by atomic mass is 9.85. The van der Waals surface area contributed by atoms with E-state index in [1.54, 1.807) is 0 Å². The summed E-state index contributed by atoms with van der Waals surface area (Å²) in [6.45, 7) is 3.09. The fourth-order valence-corrected chi connectivity index (χ4v) is 3.95. The van der Waals surface area contributed by atoms with Crippen molar-refractivity contribution in [1.82, 2.24) is 5.32 Å². The smallest absolute Gasteiger partial charge is 0.137 e. The number of ether oxygens (including phenoxy) is 1. The molecule has 0 aliphatic heterocycles. The van der Waals surface area contributed by atoms with E-state index in [1.165, 1.54) is 19.3 Å². The van der Waals surface area contributed by atoms with Crippen molar-refractivity contribution >= 4 is 5.78 Å². The van der Waals surface area contributed by atoms with Crippen LogP contribution in [0.2, 0.25) is 0 Å². The van der Waals surface area contributed by atoms with Crippen molar-refractivity contribution in [2.75, 3.05) is 6.54 Å². The van der Waals surface area contributed by atoms with Crippen LogP contribution in [0.5, 0.6) is 5.75 Å². The molecule has 29 heavy (non-hydrogen) atoms. The van der Waals surface area contributed by atoms with Crippen molar-refractivity contribution in [1.29, 1.82) is 0 Å². The second-order valence-electron chi connectivity index (χ2n) is 8.08. The van der Waals surface area contributed by atoms with Gasteiger partial charge in [0.2, 0.25) is 0 Å². The van der Waals surface area contributed by atoms with Crippen molar-refractivity contribution in [3.05, 3.63) is 65.7 Å². The van der Waals surface area contributed by atoms with E-state index in [0.29, 0.717) is 25.4 Å². The Morgan fingerprint density at radius 3 is 2.45 bits per heavy atom. The van der Waals surface area contributed by atoms with E-state index in [-0.39, 0.29) is 12.0 Å². The van der Waals surface area contributed by atoms with Gasteiger partial charge in [-0.25, -0.2) is 0 Å². The summed E-state index contributed by atoms with van der Waals surface area (Å²) in [4.78, 5) is 12.3. The minimum absolute atomic E-state index is 0.120. The third kappa shape index (κ3) is 6.69. The van der Waals surface area contributed by atoms with Crippen LogP contribution in [0, 0.1) is 5.92 Å². The molecule has 2 unspecified atom stereocenters. The van der Waals surface area contributed by atoms with Crippen molar-refractivity contribution in [2.24, 2.45) is 5.92 Å². The monoisotopic (exact) mass is 395 g/mol. The van der Waals surface area contributed by atoms with Crippen LogP contribution in [0.15, 0.2) is 54.6 Å². The second-order valence-corrected chi connectivity index (χ2v) is 8.08. The predicted molar refractivity (Wildman–Crippen MR) is 116 cm³/mol. The molecule has 1 aliphatic carbocycles. The van der Waals surface area contributed by atoms with Gasteiger partial charge in [-0.1, -0.05) is 61.7 Å². The fourth-order valence-electron chi connectivity index (χ4n) is 3.95. The molecule has 1 aliphatic rings. The van der Waals surface area contributed by atoms with Crippen LogP contribution in [-0.4, -0.2) is 23.5 Å². The van der Waals surface area contributed by atoms with Crippen LogP contribution in [0.25, 0.3) is 0 Å². The molecule has 4 nitrogen and oxygen atoms in total. The zero-order valence-electron chi connectivity index (χ0n) is 17.3. The number of ketones is 1. The van der Waals surface area contributed by atoms with Gasteiger partial charge >= 0.3 is 0 Å². The van der Waals surface area contributed by atoms with Crippen molar-refractivity contribution in [3.8, 4) is 5.75 Å². The summed E-state index contributed by atoms with van der Waals surface area (Å²) in [5, 5.41) is 13.9. The standard InChI is InChI=1S/C25H33NO3/c1-19(26-17-16-24(27)21-10-6-3-7-11-21)25(28)22-12-14-23(15-13-22)29-18-20-8-4-2-5-9-20/h2,4-5,8-9,12-15,19,21,25-26,28H,3,6-7,10-11,16-18H2,1H3. The van der Waals surface area contributed by atoms with Crippen LogP contribution in [0.3, 0.4) is 0 Å². The first-order valence-corrected chi connectivity index (χ1v) is 10.8. The van der Waals surface area contributed by atoms with Gasteiger partial charge in [-0.15, -0.1) is 0 Å². The summed E-state index contributed by atoms with van der Waals surface area (Å²) in [6, 6.07) is 17.5. The van der Waals surface area contributed by atoms with Gasteiger partial charge in [-0.3, -0.25) is 4.79 Å². The minimum atomic E-state index is -0.622. The van der Waals surface area contributed by atoms with Crippen molar-refractivity contribution in [3.63, 3.8) is 0 Å². The van der Waals surface area contributed by atoms with Crippen LogP contribution in [0.4, 0.5) is 0 Å². The summed E-state index contributed by atoms with van der Waals surface area (Å²) >= 11 is 0.